The summed E-state index contributed by atoms with van der Waals surface area (Å²) in [5, 5.41) is 78.9. The highest BCUT2D eigenvalue weighted by Gasteiger charge is 2.25. The Balaban J connectivity index is 6.71. The average molecular weight is 1750 g/mol. The molecule has 0 rings (SSSR count). The first-order valence-electron chi connectivity index (χ1n) is 38.9. The van der Waals surface area contributed by atoms with Crippen molar-refractivity contribution in [3.8, 4) is 0 Å². The van der Waals surface area contributed by atoms with E-state index in [1.54, 1.807) is 7.11 Å². The van der Waals surface area contributed by atoms with Crippen LogP contribution in [0, 0.1) is 0 Å². The number of hydrogen-bond acceptors (Lipinski definition) is 36. The van der Waals surface area contributed by atoms with Gasteiger partial charge in [-0.05, 0) is 95.5 Å². The van der Waals surface area contributed by atoms with Crippen molar-refractivity contribution in [1.29, 1.82) is 0 Å². The van der Waals surface area contributed by atoms with Gasteiger partial charge >= 0.3 is 23.9 Å². The van der Waals surface area contributed by atoms with E-state index in [9.17, 15) is 44.4 Å². The summed E-state index contributed by atoms with van der Waals surface area (Å²) in [7, 11) is 1.54. The Bertz CT molecular complexity index is 2200. The Morgan fingerprint density at radius 1 is 0.289 bits per heavy atom. The van der Waals surface area contributed by atoms with Crippen LogP contribution in [0.2, 0.25) is 0 Å². The van der Waals surface area contributed by atoms with E-state index in [1.807, 2.05) is 34.6 Å². The fourth-order valence-electron chi connectivity index (χ4n) is 9.28. The predicted octanol–water partition coefficient (Wildman–Crippen LogP) is 2.28. The number of primary amides is 1. The van der Waals surface area contributed by atoms with Gasteiger partial charge in [-0.2, -0.15) is 58.8 Å². The minimum atomic E-state index is -1.16. The van der Waals surface area contributed by atoms with Gasteiger partial charge in [0.25, 0.3) is 0 Å². The number of thioether (sulfide) groups is 5. The van der Waals surface area contributed by atoms with Crippen LogP contribution in [0.5, 0.6) is 0 Å². The van der Waals surface area contributed by atoms with E-state index in [4.69, 9.17) is 130 Å². The second-order valence-corrected chi connectivity index (χ2v) is 31.0. The molecule has 36 nitrogen and oxygen atoms in total. The van der Waals surface area contributed by atoms with E-state index in [2.05, 4.69) is 0 Å². The number of rotatable bonds is 93. The average Bonchev–Trinajstić information content (AvgIpc) is 0.925. The van der Waals surface area contributed by atoms with Crippen LogP contribution in [0.3, 0.4) is 0 Å². The molecule has 0 saturated heterocycles. The summed E-state index contributed by atoms with van der Waals surface area (Å²) in [6.45, 7) is 12.3. The fourth-order valence-corrected chi connectivity index (χ4v) is 12.5. The second kappa shape index (κ2) is 82.0. The molecule has 10 N–H and O–H groups in total. The fraction of sp³-hybridized carbons (Fsp3) is 0.932. The Hall–Kier alpha value is -1.94. The molecule has 0 aliphatic rings. The first-order valence-corrected chi connectivity index (χ1v) is 44.6. The molecule has 0 aliphatic carbocycles. The van der Waals surface area contributed by atoms with Crippen molar-refractivity contribution < 1.29 is 169 Å². The lowest BCUT2D eigenvalue weighted by Gasteiger charge is -2.27. The number of carbonyl (C=O) groups is 5. The lowest BCUT2D eigenvalue weighted by molar-refractivity contribution is -0.151. The number of aliphatic hydroxyl groups is 4. The molecule has 0 saturated carbocycles. The summed E-state index contributed by atoms with van der Waals surface area (Å²) in [5.74, 6) is -0.693. The monoisotopic (exact) mass is 1750 g/mol. The zero-order chi connectivity index (χ0) is 84.1. The summed E-state index contributed by atoms with van der Waals surface area (Å²) in [6.07, 6.45) is -6.20. The topological polar surface area (TPSA) is 476 Å². The number of ether oxygens (including phenoxy) is 22. The quantitative estimate of drug-likeness (QED) is 0.0394. The number of carbonyl (C=O) groups excluding carboxylic acids is 1. The van der Waals surface area contributed by atoms with Crippen LogP contribution in [-0.4, -0.2) is 439 Å². The molecule has 0 aromatic carbocycles. The molecule has 0 aromatic rings. The third kappa shape index (κ3) is 76.2. The van der Waals surface area contributed by atoms with Crippen molar-refractivity contribution >= 4 is 88.6 Å². The number of hydrogen-bond donors (Lipinski definition) is 9. The minimum absolute atomic E-state index is 0.000733. The van der Waals surface area contributed by atoms with Gasteiger partial charge < -0.3 is 151 Å². The predicted molar refractivity (Wildman–Crippen MR) is 431 cm³/mol. The van der Waals surface area contributed by atoms with Gasteiger partial charge in [-0.1, -0.05) is 0 Å². The molecular weight excluding hydrogens is 1610 g/mol. The molecule has 0 aromatic heterocycles. The standard InChI is InChI=1S/C73H139NO35S5/c1-7-89-36-62(103-19-14-24-113-54-72(84)85)41-93-27-56(5)105-47-67(45-98-35-60(26-75)106-33-59(78)32-94-28-57(76)29-96-42-63(37-90-8-2)104-20-15-25-114-55-73(86)87)109-50-68(108-49-66(101-10-4)39-92-17-12-22-112-53-71(82)83)46-99-44-64(107-48-65(100-9-3)38-91-16-11-21-111-52-70(80)81)43-97-31-58(77)30-95-40-61(34-88-6)102-18-13-23-110-51-69(74)79/h56-68,75-78H,7-55H2,1-6H3,(H2,74,79)(H,80,81)(H,82,83)(H,84,85)(H,86,87). The first kappa shape index (κ1) is 112. The first-order chi connectivity index (χ1) is 55.2. The molecule has 0 bridgehead atoms. The zero-order valence-electron chi connectivity index (χ0n) is 67.9. The molecule has 1 amide bonds. The van der Waals surface area contributed by atoms with Crippen molar-refractivity contribution in [2.75, 3.05) is 289 Å². The Morgan fingerprint density at radius 2 is 0.553 bits per heavy atom. The largest absolute Gasteiger partial charge is 0.481 e. The third-order valence-electron chi connectivity index (χ3n) is 14.6. The smallest absolute Gasteiger partial charge is 0.313 e. The van der Waals surface area contributed by atoms with Gasteiger partial charge in [-0.15, -0.1) is 0 Å². The molecular formula is C73H139NO35S5. The van der Waals surface area contributed by atoms with E-state index >= 15 is 0 Å². The van der Waals surface area contributed by atoms with Gasteiger partial charge in [-0.25, -0.2) is 0 Å². The van der Waals surface area contributed by atoms with Crippen LogP contribution in [-0.2, 0) is 128 Å². The SMILES string of the molecule is CCOCC(COCC(O)COCC(O)COC(CO)COCC(COC(C)COCC(COCC)OCCCSCC(=O)O)OCC(COCC(COCC(O)COCC(COC)OCCCSCC(N)=O)OCC(COCCCSCC(=O)O)OCC)OCC(COCCCSCC(=O)O)OCC)OCCCSCC(=O)O. The van der Waals surface area contributed by atoms with Gasteiger partial charge in [0.05, 0.1) is 200 Å². The van der Waals surface area contributed by atoms with Crippen LogP contribution in [0.4, 0.5) is 0 Å². The maximum Gasteiger partial charge on any atom is 0.313 e. The molecule has 0 fully saturated rings. The Morgan fingerprint density at radius 3 is 0.895 bits per heavy atom. The molecule has 0 spiro atoms. The van der Waals surface area contributed by atoms with Crippen LogP contribution in [0.25, 0.3) is 0 Å². The number of carboxylic acids is 4. The van der Waals surface area contributed by atoms with Crippen LogP contribution >= 0.6 is 58.8 Å². The molecule has 676 valence electrons. The van der Waals surface area contributed by atoms with Crippen molar-refractivity contribution in [2.45, 2.75) is 146 Å². The summed E-state index contributed by atoms with van der Waals surface area (Å²) in [5.41, 5.74) is 5.24. The van der Waals surface area contributed by atoms with E-state index in [0.717, 1.165) is 0 Å². The number of methoxy groups -OCH3 is 1. The number of nitrogens with two attached hydrogens (primary N) is 1. The normalized spacial score (nSPS) is 15.4. The lowest BCUT2D eigenvalue weighted by Crippen LogP contribution is -2.38. The van der Waals surface area contributed by atoms with E-state index in [-0.39, 0.29) is 193 Å². The maximum absolute atomic E-state index is 11.1. The number of amides is 1. The van der Waals surface area contributed by atoms with Gasteiger partial charge in [-0.3, -0.25) is 24.0 Å². The van der Waals surface area contributed by atoms with Crippen LogP contribution < -0.4 is 5.73 Å². The Labute approximate surface area is 695 Å². The second-order valence-electron chi connectivity index (χ2n) is 25.5. The zero-order valence-corrected chi connectivity index (χ0v) is 72.0. The van der Waals surface area contributed by atoms with Gasteiger partial charge in [0.2, 0.25) is 5.91 Å². The number of carboxylic acid groups (broad SMARTS) is 4. The van der Waals surface area contributed by atoms with E-state index in [1.165, 1.54) is 58.8 Å². The van der Waals surface area contributed by atoms with Crippen molar-refractivity contribution in [3.05, 3.63) is 0 Å². The van der Waals surface area contributed by atoms with Crippen molar-refractivity contribution in [1.82, 2.24) is 0 Å². The summed E-state index contributed by atoms with van der Waals surface area (Å²) in [4.78, 5) is 55.0. The molecule has 13 unspecified atom stereocenters. The molecule has 41 heteroatoms. The molecule has 0 heterocycles. The molecule has 0 aliphatic heterocycles. The third-order valence-corrected chi connectivity index (χ3v) is 19.8. The lowest BCUT2D eigenvalue weighted by atomic mass is 10.3. The van der Waals surface area contributed by atoms with Gasteiger partial charge in [0, 0.05) is 66.6 Å². The highest BCUT2D eigenvalue weighted by molar-refractivity contribution is 8.00. The van der Waals surface area contributed by atoms with Gasteiger partial charge in [0.15, 0.2) is 0 Å². The summed E-state index contributed by atoms with van der Waals surface area (Å²) < 4.78 is 132. The molecule has 114 heavy (non-hydrogen) atoms. The number of aliphatic hydroxyl groups excluding tert-OH is 4. The maximum atomic E-state index is 11.1. The van der Waals surface area contributed by atoms with E-state index < -0.39 is 110 Å². The molecule has 0 radical (unpaired) electrons. The highest BCUT2D eigenvalue weighted by atomic mass is 32.2. The summed E-state index contributed by atoms with van der Waals surface area (Å²) in [6, 6.07) is 0. The van der Waals surface area contributed by atoms with Crippen molar-refractivity contribution in [3.63, 3.8) is 0 Å². The Kier molecular flexibility index (Phi) is 80.6. The van der Waals surface area contributed by atoms with Gasteiger partial charge in [0.1, 0.15) is 73.2 Å². The van der Waals surface area contributed by atoms with Crippen LogP contribution in [0.15, 0.2) is 0 Å². The van der Waals surface area contributed by atoms with Crippen molar-refractivity contribution in [2.24, 2.45) is 5.73 Å². The molecule has 13 atom stereocenters. The van der Waals surface area contributed by atoms with Crippen LogP contribution in [0.1, 0.15) is 66.7 Å². The summed E-state index contributed by atoms with van der Waals surface area (Å²) >= 11 is 6.60. The minimum Gasteiger partial charge on any atom is -0.481 e. The highest BCUT2D eigenvalue weighted by Crippen LogP contribution is 2.14. The van der Waals surface area contributed by atoms with E-state index in [0.29, 0.717) is 120 Å². The number of aliphatic carboxylic acids is 4.